The summed E-state index contributed by atoms with van der Waals surface area (Å²) in [6.07, 6.45) is 0. The van der Waals surface area contributed by atoms with Crippen molar-refractivity contribution in [2.24, 2.45) is 5.92 Å². The van der Waals surface area contributed by atoms with Gasteiger partial charge in [-0.15, -0.1) is 0 Å². The fraction of sp³-hybridized carbons (Fsp3) is 0.400. The van der Waals surface area contributed by atoms with E-state index in [0.717, 1.165) is 0 Å². The van der Waals surface area contributed by atoms with Crippen LogP contribution in [0.4, 0.5) is 16.2 Å². The summed E-state index contributed by atoms with van der Waals surface area (Å²) in [6, 6.07) is 5.86. The Morgan fingerprint density at radius 2 is 1.45 bits per heavy atom. The molecule has 0 aliphatic heterocycles. The van der Waals surface area contributed by atoms with Crippen molar-refractivity contribution < 1.29 is 14.4 Å². The van der Waals surface area contributed by atoms with Gasteiger partial charge in [-0.25, -0.2) is 4.79 Å². The highest BCUT2D eigenvalue weighted by atomic mass is 16.2. The average Bonchev–Trinajstić information content (AvgIpc) is 2.48. The van der Waals surface area contributed by atoms with Crippen LogP contribution in [0.25, 0.3) is 0 Å². The van der Waals surface area contributed by atoms with Crippen LogP contribution in [0.15, 0.2) is 24.3 Å². The molecule has 0 fully saturated rings. The predicted octanol–water partition coefficient (Wildman–Crippen LogP) is 1.54. The Kier molecular flexibility index (Phi) is 6.37. The van der Waals surface area contributed by atoms with Gasteiger partial charge in [0.1, 0.15) is 6.04 Å². The molecule has 0 aliphatic carbocycles. The molecule has 22 heavy (non-hydrogen) atoms. The topological polar surface area (TPSA) is 99.3 Å². The first-order valence-electron chi connectivity index (χ1n) is 7.03. The summed E-state index contributed by atoms with van der Waals surface area (Å²) in [5.74, 6) is -0.582. The quantitative estimate of drug-likeness (QED) is 0.663. The molecule has 0 radical (unpaired) electrons. The lowest BCUT2D eigenvalue weighted by Gasteiger charge is -2.15. The van der Waals surface area contributed by atoms with Crippen LogP contribution in [0.2, 0.25) is 0 Å². The molecule has 7 nitrogen and oxygen atoms in total. The molecule has 120 valence electrons. The van der Waals surface area contributed by atoms with E-state index < -0.39 is 18.0 Å². The molecule has 0 aromatic heterocycles. The largest absolute Gasteiger partial charge is 0.374 e. The summed E-state index contributed by atoms with van der Waals surface area (Å²) in [6.45, 7) is 5.28. The number of anilines is 2. The third-order valence-corrected chi connectivity index (χ3v) is 2.92. The van der Waals surface area contributed by atoms with Crippen molar-refractivity contribution in [2.45, 2.75) is 26.8 Å². The van der Waals surface area contributed by atoms with Crippen molar-refractivity contribution in [3.8, 4) is 0 Å². The first-order chi connectivity index (χ1) is 10.3. The second kappa shape index (κ2) is 8.02. The minimum atomic E-state index is -0.576. The molecule has 1 atom stereocenters. The minimum absolute atomic E-state index is 0.0565. The molecular formula is C15H22N4O3. The molecule has 0 aliphatic rings. The van der Waals surface area contributed by atoms with Crippen molar-refractivity contribution in [1.29, 1.82) is 0 Å². The van der Waals surface area contributed by atoms with Gasteiger partial charge in [0.2, 0.25) is 11.8 Å². The molecule has 1 unspecified atom stereocenters. The highest BCUT2D eigenvalue weighted by Crippen LogP contribution is 2.15. The smallest absolute Gasteiger partial charge is 0.321 e. The SMILES string of the molecule is CNC(=O)NC(=O)C(C)Nc1ccc(NC(=O)C(C)C)cc1. The molecule has 1 aromatic carbocycles. The van der Waals surface area contributed by atoms with Gasteiger partial charge in [0.25, 0.3) is 0 Å². The highest BCUT2D eigenvalue weighted by molar-refractivity contribution is 5.98. The van der Waals surface area contributed by atoms with Crippen molar-refractivity contribution in [2.75, 3.05) is 17.7 Å². The van der Waals surface area contributed by atoms with Crippen LogP contribution in [-0.2, 0) is 9.59 Å². The van der Waals surface area contributed by atoms with E-state index in [0.29, 0.717) is 11.4 Å². The van der Waals surface area contributed by atoms with Crippen LogP contribution in [-0.4, -0.2) is 30.9 Å². The zero-order valence-corrected chi connectivity index (χ0v) is 13.2. The van der Waals surface area contributed by atoms with Crippen molar-refractivity contribution >= 4 is 29.2 Å². The number of benzene rings is 1. The Labute approximate surface area is 129 Å². The lowest BCUT2D eigenvalue weighted by molar-refractivity contribution is -0.120. The summed E-state index contributed by atoms with van der Waals surface area (Å²) in [5, 5.41) is 10.3. The van der Waals surface area contributed by atoms with E-state index in [4.69, 9.17) is 0 Å². The van der Waals surface area contributed by atoms with Crippen molar-refractivity contribution in [3.05, 3.63) is 24.3 Å². The highest BCUT2D eigenvalue weighted by Gasteiger charge is 2.14. The lowest BCUT2D eigenvalue weighted by atomic mass is 10.2. The number of imide groups is 1. The van der Waals surface area contributed by atoms with E-state index in [2.05, 4.69) is 21.3 Å². The average molecular weight is 306 g/mol. The van der Waals surface area contributed by atoms with E-state index in [1.54, 1.807) is 31.2 Å². The Hall–Kier alpha value is -2.57. The summed E-state index contributed by atoms with van der Waals surface area (Å²) < 4.78 is 0. The maximum Gasteiger partial charge on any atom is 0.321 e. The second-order valence-electron chi connectivity index (χ2n) is 5.16. The van der Waals surface area contributed by atoms with Gasteiger partial charge in [-0.1, -0.05) is 13.8 Å². The lowest BCUT2D eigenvalue weighted by Crippen LogP contribution is -2.44. The van der Waals surface area contributed by atoms with Gasteiger partial charge in [-0.3, -0.25) is 14.9 Å². The summed E-state index contributed by atoms with van der Waals surface area (Å²) in [7, 11) is 1.44. The maximum absolute atomic E-state index is 11.7. The maximum atomic E-state index is 11.7. The van der Waals surface area contributed by atoms with E-state index >= 15 is 0 Å². The van der Waals surface area contributed by atoms with Gasteiger partial charge < -0.3 is 16.0 Å². The first-order valence-corrected chi connectivity index (χ1v) is 7.03. The van der Waals surface area contributed by atoms with Gasteiger partial charge in [-0.2, -0.15) is 0 Å². The standard InChI is InChI=1S/C15H22N4O3/c1-9(2)13(20)18-12-7-5-11(6-8-12)17-10(3)14(21)19-15(22)16-4/h5-10,17H,1-4H3,(H,18,20)(H2,16,19,21,22). The molecule has 0 spiro atoms. The minimum Gasteiger partial charge on any atom is -0.374 e. The molecule has 4 amide bonds. The van der Waals surface area contributed by atoms with Crippen molar-refractivity contribution in [3.63, 3.8) is 0 Å². The van der Waals surface area contributed by atoms with E-state index in [-0.39, 0.29) is 11.8 Å². The number of carbonyl (C=O) groups is 3. The van der Waals surface area contributed by atoms with Crippen LogP contribution in [0.5, 0.6) is 0 Å². The Morgan fingerprint density at radius 3 is 1.95 bits per heavy atom. The van der Waals surface area contributed by atoms with Crippen LogP contribution in [0.3, 0.4) is 0 Å². The molecule has 0 bridgehead atoms. The second-order valence-corrected chi connectivity index (χ2v) is 5.16. The van der Waals surface area contributed by atoms with Gasteiger partial charge in [0.15, 0.2) is 0 Å². The van der Waals surface area contributed by atoms with Gasteiger partial charge in [0, 0.05) is 24.3 Å². The summed E-state index contributed by atoms with van der Waals surface area (Å²) in [5.41, 5.74) is 1.40. The van der Waals surface area contributed by atoms with E-state index in [1.165, 1.54) is 7.05 Å². The molecule has 4 N–H and O–H groups in total. The summed E-state index contributed by atoms with van der Waals surface area (Å²) in [4.78, 5) is 34.4. The number of carbonyl (C=O) groups excluding carboxylic acids is 3. The van der Waals surface area contributed by atoms with Crippen LogP contribution in [0.1, 0.15) is 20.8 Å². The third-order valence-electron chi connectivity index (χ3n) is 2.92. The Morgan fingerprint density at radius 1 is 0.909 bits per heavy atom. The Bertz CT molecular complexity index is 540. The van der Waals surface area contributed by atoms with Crippen LogP contribution >= 0.6 is 0 Å². The molecule has 1 rings (SSSR count). The zero-order chi connectivity index (χ0) is 16.7. The van der Waals surface area contributed by atoms with Gasteiger partial charge >= 0.3 is 6.03 Å². The third kappa shape index (κ3) is 5.43. The van der Waals surface area contributed by atoms with Crippen LogP contribution < -0.4 is 21.3 Å². The summed E-state index contributed by atoms with van der Waals surface area (Å²) >= 11 is 0. The molecule has 1 aromatic rings. The van der Waals surface area contributed by atoms with E-state index in [9.17, 15) is 14.4 Å². The van der Waals surface area contributed by atoms with Crippen molar-refractivity contribution in [1.82, 2.24) is 10.6 Å². The number of nitrogens with one attached hydrogen (secondary N) is 4. The number of hydrogen-bond acceptors (Lipinski definition) is 4. The zero-order valence-electron chi connectivity index (χ0n) is 13.2. The first kappa shape index (κ1) is 17.5. The Balaban J connectivity index is 2.58. The molecule has 0 saturated carbocycles. The number of rotatable bonds is 5. The fourth-order valence-electron chi connectivity index (χ4n) is 1.53. The van der Waals surface area contributed by atoms with Gasteiger partial charge in [0.05, 0.1) is 0 Å². The van der Waals surface area contributed by atoms with E-state index in [1.807, 2.05) is 13.8 Å². The number of amides is 4. The number of urea groups is 1. The normalized spacial score (nSPS) is 11.5. The van der Waals surface area contributed by atoms with Crippen LogP contribution in [0, 0.1) is 5.92 Å². The predicted molar refractivity (Wildman–Crippen MR) is 85.6 cm³/mol. The molecular weight excluding hydrogens is 284 g/mol. The molecule has 7 heteroatoms. The monoisotopic (exact) mass is 306 g/mol. The van der Waals surface area contributed by atoms with Gasteiger partial charge in [-0.05, 0) is 31.2 Å². The molecule has 0 heterocycles. The fourth-order valence-corrected chi connectivity index (χ4v) is 1.53. The molecule has 0 saturated heterocycles. The number of hydrogen-bond donors (Lipinski definition) is 4.